The van der Waals surface area contributed by atoms with Gasteiger partial charge in [0.25, 0.3) is 15.9 Å². The van der Waals surface area contributed by atoms with Gasteiger partial charge in [-0.25, -0.2) is 17.2 Å². The Labute approximate surface area is 202 Å². The minimum atomic E-state index is -4.31. The Balaban J connectivity index is 1.88. The van der Waals surface area contributed by atoms with Crippen LogP contribution >= 0.6 is 0 Å². The van der Waals surface area contributed by atoms with Crippen molar-refractivity contribution in [1.82, 2.24) is 5.32 Å². The fourth-order valence-electron chi connectivity index (χ4n) is 3.24. The molecule has 35 heavy (non-hydrogen) atoms. The number of carbonyl (C=O) groups excluding carboxylic acids is 2. The number of rotatable bonds is 10. The Morgan fingerprint density at radius 1 is 0.886 bits per heavy atom. The molecule has 0 aliphatic heterocycles. The van der Waals surface area contributed by atoms with Crippen molar-refractivity contribution in [1.29, 1.82) is 0 Å². The van der Waals surface area contributed by atoms with Crippen molar-refractivity contribution >= 4 is 33.2 Å². The third kappa shape index (κ3) is 6.63. The minimum absolute atomic E-state index is 0.0384. The van der Waals surface area contributed by atoms with E-state index in [2.05, 4.69) is 10.6 Å². The fraction of sp³-hybridized carbons (Fsp3) is 0.200. The molecule has 0 saturated carbocycles. The van der Waals surface area contributed by atoms with Crippen LogP contribution in [0.2, 0.25) is 0 Å². The van der Waals surface area contributed by atoms with Crippen molar-refractivity contribution in [3.63, 3.8) is 0 Å². The van der Waals surface area contributed by atoms with Gasteiger partial charge in [0.1, 0.15) is 18.2 Å². The van der Waals surface area contributed by atoms with E-state index in [1.807, 2.05) is 6.92 Å². The normalized spacial score (nSPS) is 11.1. The molecule has 10 heteroatoms. The number of halogens is 2. The summed E-state index contributed by atoms with van der Waals surface area (Å²) in [6.45, 7) is 1.80. The first-order chi connectivity index (χ1) is 16.7. The highest BCUT2D eigenvalue weighted by Gasteiger charge is 2.28. The number of nitrogens with zero attached hydrogens (tertiary/aromatic N) is 1. The zero-order valence-electron chi connectivity index (χ0n) is 19.0. The second-order valence-corrected chi connectivity index (χ2v) is 9.51. The zero-order valence-corrected chi connectivity index (χ0v) is 19.8. The zero-order chi connectivity index (χ0) is 25.4. The number of amides is 2. The summed E-state index contributed by atoms with van der Waals surface area (Å²) in [5, 5.41) is 5.36. The number of anilines is 2. The third-order valence-corrected chi connectivity index (χ3v) is 6.85. The second-order valence-electron chi connectivity index (χ2n) is 7.65. The summed E-state index contributed by atoms with van der Waals surface area (Å²) >= 11 is 0. The Morgan fingerprint density at radius 2 is 1.49 bits per heavy atom. The van der Waals surface area contributed by atoms with Crippen molar-refractivity contribution in [2.45, 2.75) is 24.7 Å². The van der Waals surface area contributed by atoms with Crippen LogP contribution in [0.25, 0.3) is 0 Å². The van der Waals surface area contributed by atoms with Gasteiger partial charge in [0.2, 0.25) is 5.91 Å². The van der Waals surface area contributed by atoms with Gasteiger partial charge < -0.3 is 10.6 Å². The first-order valence-electron chi connectivity index (χ1n) is 10.9. The molecule has 0 radical (unpaired) electrons. The Bertz CT molecular complexity index is 1280. The van der Waals surface area contributed by atoms with Crippen LogP contribution in [0.1, 0.15) is 30.1 Å². The molecule has 2 N–H and O–H groups in total. The van der Waals surface area contributed by atoms with Crippen LogP contribution < -0.4 is 14.9 Å². The van der Waals surface area contributed by atoms with Crippen molar-refractivity contribution in [2.24, 2.45) is 0 Å². The minimum Gasteiger partial charge on any atom is -0.352 e. The van der Waals surface area contributed by atoms with Crippen molar-refractivity contribution in [2.75, 3.05) is 22.7 Å². The maximum Gasteiger partial charge on any atom is 0.264 e. The largest absolute Gasteiger partial charge is 0.352 e. The summed E-state index contributed by atoms with van der Waals surface area (Å²) in [5.41, 5.74) is 0.480. The van der Waals surface area contributed by atoms with Gasteiger partial charge in [-0.05, 0) is 67.1 Å². The molecule has 3 aromatic rings. The predicted octanol–water partition coefficient (Wildman–Crippen LogP) is 4.33. The van der Waals surface area contributed by atoms with E-state index in [9.17, 15) is 26.8 Å². The molecule has 0 atom stereocenters. The molecule has 3 rings (SSSR count). The van der Waals surface area contributed by atoms with Gasteiger partial charge in [0.15, 0.2) is 0 Å². The number of nitrogens with one attached hydrogen (secondary N) is 2. The predicted molar refractivity (Wildman–Crippen MR) is 130 cm³/mol. The SMILES string of the molecule is CCCCNC(=O)c1ccccc1NC(=O)CN(c1ccc(F)cc1)S(=O)(=O)c1ccc(F)cc1. The van der Waals surface area contributed by atoms with E-state index in [1.165, 1.54) is 18.2 Å². The molecule has 7 nitrogen and oxygen atoms in total. The van der Waals surface area contributed by atoms with Crippen molar-refractivity contribution in [3.05, 3.63) is 90.0 Å². The van der Waals surface area contributed by atoms with E-state index in [-0.39, 0.29) is 27.7 Å². The van der Waals surface area contributed by atoms with Crippen LogP contribution in [0.4, 0.5) is 20.2 Å². The van der Waals surface area contributed by atoms with Crippen LogP contribution in [-0.2, 0) is 14.8 Å². The maximum absolute atomic E-state index is 13.5. The van der Waals surface area contributed by atoms with Crippen LogP contribution in [0.3, 0.4) is 0 Å². The van der Waals surface area contributed by atoms with E-state index in [0.717, 1.165) is 53.5 Å². The highest BCUT2D eigenvalue weighted by Crippen LogP contribution is 2.25. The molecular formula is C25H25F2N3O4S. The van der Waals surface area contributed by atoms with E-state index < -0.39 is 34.1 Å². The molecule has 3 aromatic carbocycles. The molecule has 2 amide bonds. The summed E-state index contributed by atoms with van der Waals surface area (Å²) < 4.78 is 54.2. The van der Waals surface area contributed by atoms with E-state index in [4.69, 9.17) is 0 Å². The van der Waals surface area contributed by atoms with E-state index >= 15 is 0 Å². The number of sulfonamides is 1. The van der Waals surface area contributed by atoms with E-state index in [1.54, 1.807) is 18.2 Å². The molecule has 184 valence electrons. The standard InChI is InChI=1S/C25H25F2N3O4S/c1-2-3-16-28-25(32)22-6-4-5-7-23(22)29-24(31)17-30(20-12-8-18(26)9-13-20)35(33,34)21-14-10-19(27)11-15-21/h4-15H,2-3,16-17H2,1H3,(H,28,32)(H,29,31). The van der Waals surface area contributed by atoms with Crippen LogP contribution in [0.5, 0.6) is 0 Å². The first kappa shape index (κ1) is 25.8. The first-order valence-corrected chi connectivity index (χ1v) is 12.4. The van der Waals surface area contributed by atoms with Crippen molar-refractivity contribution < 1.29 is 26.8 Å². The molecule has 0 aliphatic rings. The average molecular weight is 502 g/mol. The van der Waals surface area contributed by atoms with Gasteiger partial charge in [-0.2, -0.15) is 0 Å². The van der Waals surface area contributed by atoms with E-state index in [0.29, 0.717) is 6.54 Å². The van der Waals surface area contributed by atoms with Gasteiger partial charge in [0.05, 0.1) is 21.8 Å². The summed E-state index contributed by atoms with van der Waals surface area (Å²) in [7, 11) is -4.31. The third-order valence-electron chi connectivity index (χ3n) is 5.07. The fourth-order valence-corrected chi connectivity index (χ4v) is 4.66. The van der Waals surface area contributed by atoms with Crippen LogP contribution in [0, 0.1) is 11.6 Å². The molecule has 0 heterocycles. The second kappa shape index (κ2) is 11.6. The topological polar surface area (TPSA) is 95.6 Å². The highest BCUT2D eigenvalue weighted by molar-refractivity contribution is 7.92. The van der Waals surface area contributed by atoms with Crippen LogP contribution in [0.15, 0.2) is 77.7 Å². The smallest absolute Gasteiger partial charge is 0.264 e. The van der Waals surface area contributed by atoms with Gasteiger partial charge in [0, 0.05) is 6.54 Å². The lowest BCUT2D eigenvalue weighted by molar-refractivity contribution is -0.114. The van der Waals surface area contributed by atoms with Crippen molar-refractivity contribution in [3.8, 4) is 0 Å². The highest BCUT2D eigenvalue weighted by atomic mass is 32.2. The monoisotopic (exact) mass is 501 g/mol. The Hall–Kier alpha value is -3.79. The lowest BCUT2D eigenvalue weighted by Crippen LogP contribution is -2.38. The maximum atomic E-state index is 13.5. The van der Waals surface area contributed by atoms with Crippen LogP contribution in [-0.4, -0.2) is 33.3 Å². The number of hydrogen-bond acceptors (Lipinski definition) is 4. The summed E-state index contributed by atoms with van der Waals surface area (Å²) in [6.07, 6.45) is 1.70. The number of unbranched alkanes of at least 4 members (excludes halogenated alkanes) is 1. The molecule has 0 saturated heterocycles. The molecule has 0 spiro atoms. The molecule has 0 aliphatic carbocycles. The summed E-state index contributed by atoms with van der Waals surface area (Å²) in [5.74, 6) is -2.30. The lowest BCUT2D eigenvalue weighted by Gasteiger charge is -2.24. The van der Waals surface area contributed by atoms with Gasteiger partial charge in [-0.15, -0.1) is 0 Å². The molecule has 0 aromatic heterocycles. The molecule has 0 fully saturated rings. The number of hydrogen-bond donors (Lipinski definition) is 2. The average Bonchev–Trinajstić information content (AvgIpc) is 2.84. The number of para-hydroxylation sites is 1. The number of benzene rings is 3. The molecule has 0 unspecified atom stereocenters. The van der Waals surface area contributed by atoms with Gasteiger partial charge >= 0.3 is 0 Å². The quantitative estimate of drug-likeness (QED) is 0.404. The summed E-state index contributed by atoms with van der Waals surface area (Å²) in [6, 6.07) is 15.1. The lowest BCUT2D eigenvalue weighted by atomic mass is 10.1. The van der Waals surface area contributed by atoms with Gasteiger partial charge in [-0.3, -0.25) is 13.9 Å². The summed E-state index contributed by atoms with van der Waals surface area (Å²) in [4.78, 5) is 25.2. The Kier molecular flexibility index (Phi) is 8.53. The molecule has 0 bridgehead atoms. The Morgan fingerprint density at radius 3 is 2.11 bits per heavy atom. The molecular weight excluding hydrogens is 476 g/mol. The number of carbonyl (C=O) groups is 2. The van der Waals surface area contributed by atoms with Gasteiger partial charge in [-0.1, -0.05) is 25.5 Å².